The van der Waals surface area contributed by atoms with E-state index >= 15 is 0 Å². The summed E-state index contributed by atoms with van der Waals surface area (Å²) in [5, 5.41) is 24.2. The average molecular weight is 467 g/mol. The van der Waals surface area contributed by atoms with E-state index in [1.54, 1.807) is 12.1 Å². The highest BCUT2D eigenvalue weighted by Crippen LogP contribution is 2.53. The summed E-state index contributed by atoms with van der Waals surface area (Å²) < 4.78 is 6.64. The molecule has 0 bridgehead atoms. The van der Waals surface area contributed by atoms with Crippen LogP contribution < -0.4 is 4.74 Å². The minimum Gasteiger partial charge on any atom is -0.507 e. The number of rotatable bonds is 2. The summed E-state index contributed by atoms with van der Waals surface area (Å²) >= 11 is 0. The summed E-state index contributed by atoms with van der Waals surface area (Å²) in [6.07, 6.45) is 0. The fourth-order valence-corrected chi connectivity index (χ4v) is 5.47. The molecule has 0 saturated carbocycles. The molecular weight excluding hydrogens is 444 g/mol. The van der Waals surface area contributed by atoms with Crippen molar-refractivity contribution in [2.24, 2.45) is 0 Å². The van der Waals surface area contributed by atoms with Gasteiger partial charge in [-0.15, -0.1) is 0 Å². The monoisotopic (exact) mass is 466 g/mol. The van der Waals surface area contributed by atoms with Crippen LogP contribution in [0, 0.1) is 0 Å². The maximum absolute atomic E-state index is 10.5. The third-order valence-electron chi connectivity index (χ3n) is 7.22. The molecule has 0 fully saturated rings. The Morgan fingerprint density at radius 1 is 0.444 bits per heavy atom. The van der Waals surface area contributed by atoms with E-state index in [2.05, 4.69) is 60.7 Å². The number of benzene rings is 6. The molecule has 0 atom stereocenters. The van der Waals surface area contributed by atoms with E-state index in [0.717, 1.165) is 49.7 Å². The molecule has 3 heteroatoms. The van der Waals surface area contributed by atoms with Crippen molar-refractivity contribution in [3.8, 4) is 34.1 Å². The van der Waals surface area contributed by atoms with E-state index < -0.39 is 0 Å². The van der Waals surface area contributed by atoms with Crippen LogP contribution in [0.25, 0.3) is 32.7 Å². The van der Waals surface area contributed by atoms with Gasteiger partial charge in [-0.1, -0.05) is 103 Å². The van der Waals surface area contributed by atoms with E-state index in [9.17, 15) is 10.2 Å². The Kier molecular flexibility index (Phi) is 4.52. The lowest BCUT2D eigenvalue weighted by atomic mass is 9.80. The van der Waals surface area contributed by atoms with E-state index in [0.29, 0.717) is 0 Å². The van der Waals surface area contributed by atoms with Crippen LogP contribution in [0.15, 0.2) is 115 Å². The van der Waals surface area contributed by atoms with Gasteiger partial charge in [0.05, 0.1) is 0 Å². The normalized spacial score (nSPS) is 12.8. The molecule has 36 heavy (non-hydrogen) atoms. The molecular formula is C33H22O3. The Morgan fingerprint density at radius 2 is 0.972 bits per heavy atom. The van der Waals surface area contributed by atoms with Crippen molar-refractivity contribution < 1.29 is 14.9 Å². The summed E-state index contributed by atoms with van der Waals surface area (Å²) in [7, 11) is 0. The van der Waals surface area contributed by atoms with Crippen LogP contribution in [-0.2, 0) is 0 Å². The highest BCUT2D eigenvalue weighted by Gasteiger charge is 2.31. The van der Waals surface area contributed by atoms with Gasteiger partial charge >= 0.3 is 0 Å². The Labute approximate surface area is 208 Å². The number of fused-ring (bicyclic) bond motifs is 6. The Bertz CT molecular complexity index is 1680. The second-order valence-corrected chi connectivity index (χ2v) is 9.24. The molecule has 0 spiro atoms. The van der Waals surface area contributed by atoms with Crippen molar-refractivity contribution in [1.29, 1.82) is 0 Å². The standard InChI is InChI=1S/C33H22O3/c34-29-10-4-8-25-23(29)16-18-27-31(22-14-12-21(13-15-22)20-6-2-1-3-7-20)28-19-17-24-26(9-5-11-30(24)35)33(28)36-32(25)27/h1-19,31,34-35H. The third-order valence-corrected chi connectivity index (χ3v) is 7.22. The van der Waals surface area contributed by atoms with Crippen molar-refractivity contribution in [2.45, 2.75) is 5.92 Å². The molecule has 0 aliphatic carbocycles. The van der Waals surface area contributed by atoms with Crippen molar-refractivity contribution in [3.63, 3.8) is 0 Å². The zero-order valence-electron chi connectivity index (χ0n) is 19.3. The second-order valence-electron chi connectivity index (χ2n) is 9.24. The predicted molar refractivity (Wildman–Crippen MR) is 144 cm³/mol. The molecule has 0 aromatic heterocycles. The van der Waals surface area contributed by atoms with Crippen molar-refractivity contribution in [3.05, 3.63) is 132 Å². The van der Waals surface area contributed by atoms with Gasteiger partial charge in [-0.3, -0.25) is 0 Å². The van der Waals surface area contributed by atoms with Crippen LogP contribution in [0.1, 0.15) is 22.6 Å². The molecule has 3 nitrogen and oxygen atoms in total. The molecule has 172 valence electrons. The lowest BCUT2D eigenvalue weighted by Gasteiger charge is -2.31. The second kappa shape index (κ2) is 7.89. The van der Waals surface area contributed by atoms with Gasteiger partial charge in [0, 0.05) is 38.6 Å². The first-order valence-electron chi connectivity index (χ1n) is 12.0. The molecule has 1 aliphatic heterocycles. The first-order valence-corrected chi connectivity index (χ1v) is 12.0. The first kappa shape index (κ1) is 20.6. The lowest BCUT2D eigenvalue weighted by Crippen LogP contribution is -2.12. The number of phenolic OH excluding ortho intramolecular Hbond substituents is 2. The molecule has 1 heterocycles. The maximum atomic E-state index is 10.5. The quantitative estimate of drug-likeness (QED) is 0.269. The van der Waals surface area contributed by atoms with Crippen molar-refractivity contribution >= 4 is 21.5 Å². The topological polar surface area (TPSA) is 49.7 Å². The van der Waals surface area contributed by atoms with Crippen molar-refractivity contribution in [1.82, 2.24) is 0 Å². The molecule has 7 rings (SSSR count). The minimum atomic E-state index is -0.0629. The van der Waals surface area contributed by atoms with E-state index in [4.69, 9.17) is 4.74 Å². The highest BCUT2D eigenvalue weighted by molar-refractivity contribution is 5.99. The van der Waals surface area contributed by atoms with Crippen molar-refractivity contribution in [2.75, 3.05) is 0 Å². The number of hydrogen-bond acceptors (Lipinski definition) is 3. The average Bonchev–Trinajstić information content (AvgIpc) is 2.93. The van der Waals surface area contributed by atoms with Crippen LogP contribution >= 0.6 is 0 Å². The van der Waals surface area contributed by atoms with Crippen LogP contribution in [0.4, 0.5) is 0 Å². The molecule has 0 radical (unpaired) electrons. The molecule has 0 unspecified atom stereocenters. The lowest BCUT2D eigenvalue weighted by molar-refractivity contribution is 0.461. The fraction of sp³-hybridized carbons (Fsp3) is 0.0303. The largest absolute Gasteiger partial charge is 0.507 e. The van der Waals surface area contributed by atoms with Gasteiger partial charge in [0.25, 0.3) is 0 Å². The van der Waals surface area contributed by atoms with E-state index in [1.165, 1.54) is 11.1 Å². The zero-order valence-corrected chi connectivity index (χ0v) is 19.3. The van der Waals surface area contributed by atoms with Gasteiger partial charge < -0.3 is 14.9 Å². The SMILES string of the molecule is Oc1cccc2c3c(ccc12)C(c1ccc(-c2ccccc2)cc1)c1ccc2c(O)cccc2c1O3. The smallest absolute Gasteiger partial charge is 0.139 e. The summed E-state index contributed by atoms with van der Waals surface area (Å²) in [5.41, 5.74) is 5.60. The Balaban J connectivity index is 1.48. The summed E-state index contributed by atoms with van der Waals surface area (Å²) in [6.45, 7) is 0. The van der Waals surface area contributed by atoms with Gasteiger partial charge in [-0.25, -0.2) is 0 Å². The number of ether oxygens (including phenoxy) is 1. The molecule has 6 aromatic rings. The molecule has 0 amide bonds. The number of aromatic hydroxyl groups is 2. The zero-order chi connectivity index (χ0) is 24.2. The van der Waals surface area contributed by atoms with Crippen LogP contribution in [-0.4, -0.2) is 10.2 Å². The summed E-state index contributed by atoms with van der Waals surface area (Å²) in [6, 6.07) is 38.2. The van der Waals surface area contributed by atoms with Crippen LogP contribution in [0.2, 0.25) is 0 Å². The van der Waals surface area contributed by atoms with Gasteiger partial charge in [0.15, 0.2) is 0 Å². The molecule has 6 aromatic carbocycles. The Morgan fingerprint density at radius 3 is 1.53 bits per heavy atom. The molecule has 2 N–H and O–H groups in total. The summed E-state index contributed by atoms with van der Waals surface area (Å²) in [4.78, 5) is 0. The van der Waals surface area contributed by atoms with Gasteiger partial charge in [-0.2, -0.15) is 0 Å². The fourth-order valence-electron chi connectivity index (χ4n) is 5.47. The minimum absolute atomic E-state index is 0.0629. The van der Waals surface area contributed by atoms with E-state index in [-0.39, 0.29) is 17.4 Å². The third kappa shape index (κ3) is 3.06. The van der Waals surface area contributed by atoms with Crippen LogP contribution in [0.3, 0.4) is 0 Å². The molecule has 0 saturated heterocycles. The molecule has 1 aliphatic rings. The van der Waals surface area contributed by atoms with E-state index in [1.807, 2.05) is 42.5 Å². The number of hydrogen-bond donors (Lipinski definition) is 2. The van der Waals surface area contributed by atoms with Crippen LogP contribution in [0.5, 0.6) is 23.0 Å². The van der Waals surface area contributed by atoms with Gasteiger partial charge in [-0.05, 0) is 28.8 Å². The maximum Gasteiger partial charge on any atom is 0.139 e. The predicted octanol–water partition coefficient (Wildman–Crippen LogP) is 8.36. The number of phenols is 2. The highest BCUT2D eigenvalue weighted by atomic mass is 16.5. The summed E-state index contributed by atoms with van der Waals surface area (Å²) in [5.74, 6) is 1.87. The Hall–Kier alpha value is -4.76. The van der Waals surface area contributed by atoms with Gasteiger partial charge in [0.2, 0.25) is 0 Å². The first-order chi connectivity index (χ1) is 17.7. The van der Waals surface area contributed by atoms with Gasteiger partial charge in [0.1, 0.15) is 23.0 Å².